The molecule has 1 aliphatic heterocycles. The number of hydrogen-bond acceptors (Lipinski definition) is 6. The summed E-state index contributed by atoms with van der Waals surface area (Å²) in [5.41, 5.74) is 2.06. The summed E-state index contributed by atoms with van der Waals surface area (Å²) in [6, 6.07) is 10.00. The largest absolute Gasteiger partial charge is 0.376 e. The smallest absolute Gasteiger partial charge is 0.260 e. The second-order valence-corrected chi connectivity index (χ2v) is 12.3. The topological polar surface area (TPSA) is 79.8 Å². The number of aryl methyl sites for hydroxylation is 1. The van der Waals surface area contributed by atoms with Crippen molar-refractivity contribution in [2.45, 2.75) is 49.6 Å². The minimum atomic E-state index is -3.57. The van der Waals surface area contributed by atoms with E-state index in [0.29, 0.717) is 28.9 Å². The molecule has 0 N–H and O–H groups in total. The number of carbonyl (C=O) groups is 1. The summed E-state index contributed by atoms with van der Waals surface area (Å²) in [6.45, 7) is 2.98. The second-order valence-electron chi connectivity index (χ2n) is 8.84. The number of ether oxygens (including phenoxy) is 1. The molecule has 180 valence electrons. The van der Waals surface area contributed by atoms with Gasteiger partial charge >= 0.3 is 0 Å². The number of nitrogens with zero attached hydrogens (tertiary/aromatic N) is 3. The highest BCUT2D eigenvalue weighted by Gasteiger charge is 2.35. The molecule has 5 rings (SSSR count). The fraction of sp³-hybridized carbons (Fsp3) is 0.417. The molecule has 1 aliphatic carbocycles. The van der Waals surface area contributed by atoms with Gasteiger partial charge < -0.3 is 4.74 Å². The van der Waals surface area contributed by atoms with Gasteiger partial charge in [0.1, 0.15) is 0 Å². The van der Waals surface area contributed by atoms with Crippen LogP contribution >= 0.6 is 22.9 Å². The van der Waals surface area contributed by atoms with Crippen LogP contribution in [0.2, 0.25) is 5.02 Å². The summed E-state index contributed by atoms with van der Waals surface area (Å²) >= 11 is 7.71. The van der Waals surface area contributed by atoms with Crippen molar-refractivity contribution in [1.29, 1.82) is 0 Å². The Morgan fingerprint density at radius 2 is 1.91 bits per heavy atom. The Hall–Kier alpha value is -2.04. The predicted molar refractivity (Wildman–Crippen MR) is 134 cm³/mol. The first kappa shape index (κ1) is 23.7. The van der Waals surface area contributed by atoms with Gasteiger partial charge in [0.15, 0.2) is 5.13 Å². The summed E-state index contributed by atoms with van der Waals surface area (Å²) in [7, 11) is -1.96. The molecule has 2 heterocycles. The molecule has 0 spiro atoms. The second kappa shape index (κ2) is 9.20. The monoisotopic (exact) mass is 519 g/mol. The van der Waals surface area contributed by atoms with Gasteiger partial charge in [-0.1, -0.05) is 22.9 Å². The van der Waals surface area contributed by atoms with Gasteiger partial charge in [0.05, 0.1) is 27.8 Å². The number of hydrogen-bond donors (Lipinski definition) is 0. The third-order valence-electron chi connectivity index (χ3n) is 6.46. The van der Waals surface area contributed by atoms with E-state index in [1.165, 1.54) is 27.8 Å². The maximum absolute atomic E-state index is 13.6. The maximum Gasteiger partial charge on any atom is 0.260 e. The van der Waals surface area contributed by atoms with E-state index in [-0.39, 0.29) is 22.9 Å². The Kier molecular flexibility index (Phi) is 6.41. The molecule has 1 atom stereocenters. The first-order chi connectivity index (χ1) is 16.3. The summed E-state index contributed by atoms with van der Waals surface area (Å²) in [5, 5.41) is 1.21. The summed E-state index contributed by atoms with van der Waals surface area (Å²) < 4.78 is 33.8. The number of carbonyl (C=O) groups excluding carboxylic acids is 1. The van der Waals surface area contributed by atoms with Crippen LogP contribution in [0, 0.1) is 6.92 Å². The highest BCUT2D eigenvalue weighted by atomic mass is 35.5. The van der Waals surface area contributed by atoms with Gasteiger partial charge in [-0.05, 0) is 74.6 Å². The van der Waals surface area contributed by atoms with E-state index < -0.39 is 10.0 Å². The number of anilines is 1. The van der Waals surface area contributed by atoms with Crippen LogP contribution in [0.5, 0.6) is 0 Å². The van der Waals surface area contributed by atoms with Crippen LogP contribution in [0.3, 0.4) is 0 Å². The minimum absolute atomic E-state index is 0.0625. The van der Waals surface area contributed by atoms with Crippen molar-refractivity contribution in [3.63, 3.8) is 0 Å². The lowest BCUT2D eigenvalue weighted by atomic mass is 10.2. The van der Waals surface area contributed by atoms with Crippen molar-refractivity contribution < 1.29 is 17.9 Å². The van der Waals surface area contributed by atoms with Gasteiger partial charge in [-0.3, -0.25) is 9.69 Å². The fourth-order valence-electron chi connectivity index (χ4n) is 4.17. The van der Waals surface area contributed by atoms with Gasteiger partial charge in [-0.25, -0.2) is 13.4 Å². The molecule has 2 aromatic carbocycles. The average Bonchev–Trinajstić information content (AvgIpc) is 3.37. The molecule has 1 unspecified atom stereocenters. The zero-order valence-electron chi connectivity index (χ0n) is 19.0. The highest BCUT2D eigenvalue weighted by Crippen LogP contribution is 2.35. The fourth-order valence-corrected chi connectivity index (χ4v) is 6.77. The van der Waals surface area contributed by atoms with Crippen molar-refractivity contribution in [2.75, 3.05) is 25.1 Å². The quantitative estimate of drug-likeness (QED) is 0.445. The molecule has 0 bridgehead atoms. The van der Waals surface area contributed by atoms with E-state index in [1.807, 2.05) is 19.1 Å². The Bertz CT molecular complexity index is 1330. The van der Waals surface area contributed by atoms with Crippen LogP contribution in [0.1, 0.15) is 41.6 Å². The molecule has 34 heavy (non-hydrogen) atoms. The zero-order chi connectivity index (χ0) is 24.0. The average molecular weight is 520 g/mol. The Morgan fingerprint density at radius 1 is 1.18 bits per heavy atom. The number of amides is 1. The summed E-state index contributed by atoms with van der Waals surface area (Å²) in [6.07, 6.45) is 3.55. The molecular formula is C24H26ClN3O4S2. The van der Waals surface area contributed by atoms with E-state index in [4.69, 9.17) is 21.3 Å². The molecule has 10 heteroatoms. The van der Waals surface area contributed by atoms with Crippen LogP contribution < -0.4 is 4.90 Å². The summed E-state index contributed by atoms with van der Waals surface area (Å²) in [5.74, 6) is -0.238. The molecule has 1 saturated carbocycles. The number of fused-ring (bicyclic) bond motifs is 1. The minimum Gasteiger partial charge on any atom is -0.376 e. The van der Waals surface area contributed by atoms with Gasteiger partial charge in [-0.2, -0.15) is 4.31 Å². The molecule has 1 amide bonds. The van der Waals surface area contributed by atoms with Crippen LogP contribution in [0.4, 0.5) is 5.13 Å². The first-order valence-electron chi connectivity index (χ1n) is 11.3. The van der Waals surface area contributed by atoms with Gasteiger partial charge in [-0.15, -0.1) is 0 Å². The molecule has 1 aromatic heterocycles. The van der Waals surface area contributed by atoms with E-state index in [2.05, 4.69) is 0 Å². The third kappa shape index (κ3) is 4.47. The van der Waals surface area contributed by atoms with E-state index in [9.17, 15) is 13.2 Å². The molecular weight excluding hydrogens is 494 g/mol. The molecule has 7 nitrogen and oxygen atoms in total. The third-order valence-corrected chi connectivity index (χ3v) is 9.84. The van der Waals surface area contributed by atoms with Crippen molar-refractivity contribution in [1.82, 2.24) is 9.29 Å². The standard InChI is InChI=1S/C24H26ClN3O4S2/c1-15-20(25)11-12-21-22(15)26-24(33-21)28(14-18-4-3-13-32-18)23(29)16-5-9-19(10-6-16)34(30,31)27(2)17-7-8-17/h5-6,9-12,17-18H,3-4,7-8,13-14H2,1-2H3. The number of benzene rings is 2. The lowest BCUT2D eigenvalue weighted by Gasteiger charge is -2.23. The van der Waals surface area contributed by atoms with Gasteiger partial charge in [0, 0.05) is 30.3 Å². The number of sulfonamides is 1. The first-order valence-corrected chi connectivity index (χ1v) is 14.0. The Morgan fingerprint density at radius 3 is 2.56 bits per heavy atom. The number of rotatable bonds is 7. The van der Waals surface area contributed by atoms with Crippen molar-refractivity contribution in [2.24, 2.45) is 0 Å². The van der Waals surface area contributed by atoms with Crippen molar-refractivity contribution >= 4 is 54.2 Å². The lowest BCUT2D eigenvalue weighted by Crippen LogP contribution is -2.37. The normalized spacial score (nSPS) is 18.6. The number of aromatic nitrogens is 1. The van der Waals surface area contributed by atoms with Gasteiger partial charge in [0.25, 0.3) is 5.91 Å². The van der Waals surface area contributed by atoms with E-state index >= 15 is 0 Å². The van der Waals surface area contributed by atoms with Crippen LogP contribution in [-0.4, -0.2) is 56.0 Å². The lowest BCUT2D eigenvalue weighted by molar-refractivity contribution is 0.0917. The highest BCUT2D eigenvalue weighted by molar-refractivity contribution is 7.89. The maximum atomic E-state index is 13.6. The molecule has 3 aromatic rings. The molecule has 2 aliphatic rings. The summed E-state index contributed by atoms with van der Waals surface area (Å²) in [4.78, 5) is 20.2. The number of halogens is 1. The molecule has 2 fully saturated rings. The number of thiazole rings is 1. The van der Waals surface area contributed by atoms with Crippen LogP contribution in [-0.2, 0) is 14.8 Å². The van der Waals surface area contributed by atoms with Crippen LogP contribution in [0.25, 0.3) is 10.2 Å². The SMILES string of the molecule is Cc1c(Cl)ccc2sc(N(CC3CCCO3)C(=O)c3ccc(S(=O)(=O)N(C)C4CC4)cc3)nc12. The predicted octanol–water partition coefficient (Wildman–Crippen LogP) is 4.87. The van der Waals surface area contributed by atoms with E-state index in [0.717, 1.165) is 41.5 Å². The van der Waals surface area contributed by atoms with Gasteiger partial charge in [0.2, 0.25) is 10.0 Å². The van der Waals surface area contributed by atoms with Crippen molar-refractivity contribution in [3.8, 4) is 0 Å². The Labute approximate surface area is 208 Å². The van der Waals surface area contributed by atoms with Crippen LogP contribution in [0.15, 0.2) is 41.3 Å². The Balaban J connectivity index is 1.46. The molecule has 1 saturated heterocycles. The zero-order valence-corrected chi connectivity index (χ0v) is 21.4. The van der Waals surface area contributed by atoms with E-state index in [1.54, 1.807) is 24.1 Å². The van der Waals surface area contributed by atoms with Crippen molar-refractivity contribution in [3.05, 3.63) is 52.5 Å². The molecule has 0 radical (unpaired) electrons.